The van der Waals surface area contributed by atoms with Gasteiger partial charge in [-0.15, -0.1) is 0 Å². The van der Waals surface area contributed by atoms with E-state index in [2.05, 4.69) is 15.9 Å². The lowest BCUT2D eigenvalue weighted by atomic mass is 9.94. The van der Waals surface area contributed by atoms with Gasteiger partial charge in [-0.1, -0.05) is 45.7 Å². The molecule has 0 nitrogen and oxygen atoms in total. The molecule has 2 rings (SSSR count). The van der Waals surface area contributed by atoms with E-state index in [9.17, 15) is 8.78 Å². The largest absolute Gasteiger partial charge is 0.204 e. The van der Waals surface area contributed by atoms with Crippen LogP contribution in [-0.4, -0.2) is 5.33 Å². The Balaban J connectivity index is 2.04. The highest BCUT2D eigenvalue weighted by Gasteiger charge is 2.11. The van der Waals surface area contributed by atoms with Gasteiger partial charge in [-0.25, -0.2) is 8.78 Å². The summed E-state index contributed by atoms with van der Waals surface area (Å²) in [5, 5.41) is 1.51. The first-order chi connectivity index (χ1) is 9.58. The average Bonchev–Trinajstić information content (AvgIpc) is 2.44. The highest BCUT2D eigenvalue weighted by Crippen LogP contribution is 2.20. The van der Waals surface area contributed by atoms with E-state index >= 15 is 0 Å². The predicted octanol–water partition coefficient (Wildman–Crippen LogP) is 5.41. The molecule has 0 amide bonds. The van der Waals surface area contributed by atoms with Crippen molar-refractivity contribution in [2.45, 2.75) is 12.8 Å². The molecule has 0 radical (unpaired) electrons. The fourth-order valence-electron chi connectivity index (χ4n) is 2.14. The molecule has 0 spiro atoms. The lowest BCUT2D eigenvalue weighted by Crippen LogP contribution is -2.10. The van der Waals surface area contributed by atoms with E-state index in [-0.39, 0.29) is 0 Å². The summed E-state index contributed by atoms with van der Waals surface area (Å²) >= 11 is 9.34. The summed E-state index contributed by atoms with van der Waals surface area (Å²) in [5.74, 6) is -1.27. The Morgan fingerprint density at radius 2 is 1.50 bits per heavy atom. The van der Waals surface area contributed by atoms with Gasteiger partial charge in [0.25, 0.3) is 0 Å². The van der Waals surface area contributed by atoms with Crippen LogP contribution in [0.2, 0.25) is 5.02 Å². The lowest BCUT2D eigenvalue weighted by molar-refractivity contribution is 0.504. The van der Waals surface area contributed by atoms with Crippen molar-refractivity contribution < 1.29 is 8.78 Å². The van der Waals surface area contributed by atoms with E-state index in [0.717, 1.165) is 17.3 Å². The Morgan fingerprint density at radius 1 is 0.900 bits per heavy atom. The molecule has 0 saturated carbocycles. The third-order valence-electron chi connectivity index (χ3n) is 3.16. The van der Waals surface area contributed by atoms with E-state index in [1.807, 2.05) is 24.3 Å². The lowest BCUT2D eigenvalue weighted by Gasteiger charge is -2.14. The summed E-state index contributed by atoms with van der Waals surface area (Å²) < 4.78 is 26.1. The van der Waals surface area contributed by atoms with Crippen LogP contribution in [0.15, 0.2) is 42.5 Å². The molecule has 0 heterocycles. The molecular weight excluding hydrogens is 346 g/mol. The van der Waals surface area contributed by atoms with Gasteiger partial charge in [0.15, 0.2) is 11.6 Å². The maximum atomic E-state index is 13.2. The van der Waals surface area contributed by atoms with Gasteiger partial charge in [-0.05, 0) is 54.2 Å². The Kier molecular flexibility index (Phi) is 5.55. The molecule has 0 N–H and O–H groups in total. The molecular formula is C16H14BrClF2. The van der Waals surface area contributed by atoms with E-state index in [1.165, 1.54) is 17.7 Å². The summed E-state index contributed by atoms with van der Waals surface area (Å²) in [6, 6.07) is 11.8. The average molecular weight is 360 g/mol. The van der Waals surface area contributed by atoms with Crippen LogP contribution in [0.25, 0.3) is 0 Å². The van der Waals surface area contributed by atoms with E-state index in [0.29, 0.717) is 17.4 Å². The van der Waals surface area contributed by atoms with Crippen molar-refractivity contribution >= 4 is 27.5 Å². The molecule has 2 aromatic rings. The number of hydrogen-bond acceptors (Lipinski definition) is 0. The van der Waals surface area contributed by atoms with Crippen molar-refractivity contribution in [1.82, 2.24) is 0 Å². The molecule has 4 heteroatoms. The van der Waals surface area contributed by atoms with Crippen LogP contribution in [0.4, 0.5) is 8.78 Å². The number of rotatable bonds is 5. The third-order valence-corrected chi connectivity index (χ3v) is 4.33. The first-order valence-electron chi connectivity index (χ1n) is 6.33. The highest BCUT2D eigenvalue weighted by molar-refractivity contribution is 9.09. The zero-order valence-corrected chi connectivity index (χ0v) is 13.1. The maximum Gasteiger partial charge on any atom is 0.159 e. The molecule has 0 saturated heterocycles. The van der Waals surface area contributed by atoms with Crippen LogP contribution in [0.3, 0.4) is 0 Å². The van der Waals surface area contributed by atoms with Gasteiger partial charge in [-0.2, -0.15) is 0 Å². The molecule has 20 heavy (non-hydrogen) atoms. The highest BCUT2D eigenvalue weighted by atomic mass is 79.9. The monoisotopic (exact) mass is 358 g/mol. The van der Waals surface area contributed by atoms with Gasteiger partial charge < -0.3 is 0 Å². The summed E-state index contributed by atoms with van der Waals surface area (Å²) in [6.45, 7) is 0. The minimum Gasteiger partial charge on any atom is -0.204 e. The van der Waals surface area contributed by atoms with Gasteiger partial charge in [0.1, 0.15) is 0 Å². The topological polar surface area (TPSA) is 0 Å². The Bertz CT molecular complexity index is 569. The van der Waals surface area contributed by atoms with E-state index in [4.69, 9.17) is 11.6 Å². The quantitative estimate of drug-likeness (QED) is 0.626. The van der Waals surface area contributed by atoms with E-state index in [1.54, 1.807) is 6.07 Å². The van der Waals surface area contributed by atoms with Gasteiger partial charge in [-0.3, -0.25) is 0 Å². The first-order valence-corrected chi connectivity index (χ1v) is 7.82. The van der Waals surface area contributed by atoms with Crippen LogP contribution >= 0.6 is 27.5 Å². The number of halogens is 4. The second-order valence-corrected chi connectivity index (χ2v) is 5.89. The van der Waals surface area contributed by atoms with Crippen LogP contribution in [0.5, 0.6) is 0 Å². The van der Waals surface area contributed by atoms with Crippen molar-refractivity contribution in [2.24, 2.45) is 5.92 Å². The van der Waals surface area contributed by atoms with Crippen molar-refractivity contribution in [3.8, 4) is 0 Å². The summed E-state index contributed by atoms with van der Waals surface area (Å²) in [7, 11) is 0. The molecule has 0 aliphatic rings. The fraction of sp³-hybridized carbons (Fsp3) is 0.250. The molecule has 0 fully saturated rings. The zero-order valence-electron chi connectivity index (χ0n) is 10.8. The van der Waals surface area contributed by atoms with Gasteiger partial charge in [0.2, 0.25) is 0 Å². The molecule has 2 aromatic carbocycles. The number of hydrogen-bond donors (Lipinski definition) is 0. The summed E-state index contributed by atoms with van der Waals surface area (Å²) in [6.07, 6.45) is 1.56. The Morgan fingerprint density at radius 3 is 2.10 bits per heavy atom. The molecule has 0 bridgehead atoms. The smallest absolute Gasteiger partial charge is 0.159 e. The van der Waals surface area contributed by atoms with Crippen molar-refractivity contribution in [2.75, 3.05) is 5.33 Å². The van der Waals surface area contributed by atoms with Gasteiger partial charge in [0.05, 0.1) is 0 Å². The van der Waals surface area contributed by atoms with Gasteiger partial charge in [0, 0.05) is 10.4 Å². The molecule has 0 aliphatic carbocycles. The van der Waals surface area contributed by atoms with E-state index < -0.39 is 11.6 Å². The SMILES string of the molecule is Fc1ccc(CC(CBr)Cc2ccc(Cl)cc2)cc1F. The minimum atomic E-state index is -0.804. The Hall–Kier alpha value is -0.930. The summed E-state index contributed by atoms with van der Waals surface area (Å²) in [5.41, 5.74) is 1.99. The zero-order chi connectivity index (χ0) is 14.5. The molecule has 1 atom stereocenters. The van der Waals surface area contributed by atoms with Gasteiger partial charge >= 0.3 is 0 Å². The van der Waals surface area contributed by atoms with Crippen molar-refractivity contribution in [3.63, 3.8) is 0 Å². The van der Waals surface area contributed by atoms with Crippen LogP contribution in [-0.2, 0) is 12.8 Å². The van der Waals surface area contributed by atoms with Crippen LogP contribution in [0.1, 0.15) is 11.1 Å². The predicted molar refractivity (Wildman–Crippen MR) is 82.5 cm³/mol. The second kappa shape index (κ2) is 7.19. The second-order valence-electron chi connectivity index (χ2n) is 4.80. The fourth-order valence-corrected chi connectivity index (χ4v) is 2.72. The molecule has 1 unspecified atom stereocenters. The first kappa shape index (κ1) is 15.5. The van der Waals surface area contributed by atoms with Crippen LogP contribution in [0, 0.1) is 17.6 Å². The molecule has 0 aliphatic heterocycles. The normalized spacial score (nSPS) is 12.4. The van der Waals surface area contributed by atoms with Crippen molar-refractivity contribution in [3.05, 3.63) is 70.2 Å². The summed E-state index contributed by atoms with van der Waals surface area (Å²) in [4.78, 5) is 0. The Labute approximate surface area is 130 Å². The standard InChI is InChI=1S/C16H14BrClF2/c17-10-13(7-11-1-4-14(18)5-2-11)8-12-3-6-15(19)16(20)9-12/h1-6,9,13H,7-8,10H2. The number of benzene rings is 2. The minimum absolute atomic E-state index is 0.320. The number of alkyl halides is 1. The maximum absolute atomic E-state index is 13.2. The molecule has 0 aromatic heterocycles. The third kappa shape index (κ3) is 4.29. The molecule has 106 valence electrons. The van der Waals surface area contributed by atoms with Crippen LogP contribution < -0.4 is 0 Å². The van der Waals surface area contributed by atoms with Crippen molar-refractivity contribution in [1.29, 1.82) is 0 Å².